The Morgan fingerprint density at radius 3 is 2.57 bits per heavy atom. The summed E-state index contributed by atoms with van der Waals surface area (Å²) in [4.78, 5) is 16.2. The van der Waals surface area contributed by atoms with Crippen LogP contribution in [0.4, 0.5) is 8.78 Å². The van der Waals surface area contributed by atoms with Crippen molar-refractivity contribution in [2.24, 2.45) is 0 Å². The van der Waals surface area contributed by atoms with Crippen molar-refractivity contribution in [1.29, 1.82) is 0 Å². The first kappa shape index (κ1) is 16.9. The van der Waals surface area contributed by atoms with Gasteiger partial charge in [0.1, 0.15) is 17.4 Å². The zero-order valence-corrected chi connectivity index (χ0v) is 13.1. The zero-order valence-electron chi connectivity index (χ0n) is 13.1. The maximum absolute atomic E-state index is 13.7. The Labute approximate surface area is 131 Å². The van der Waals surface area contributed by atoms with Gasteiger partial charge in [-0.1, -0.05) is 25.9 Å². The van der Waals surface area contributed by atoms with Crippen LogP contribution in [-0.4, -0.2) is 21.2 Å². The quantitative estimate of drug-likeness (QED) is 0.906. The fourth-order valence-corrected chi connectivity index (χ4v) is 1.80. The van der Waals surface area contributed by atoms with Crippen LogP contribution in [0.1, 0.15) is 55.8 Å². The third kappa shape index (κ3) is 3.46. The number of amides is 1. The van der Waals surface area contributed by atoms with Crippen LogP contribution in [-0.2, 0) is 5.41 Å². The van der Waals surface area contributed by atoms with Gasteiger partial charge in [-0.25, -0.2) is 8.78 Å². The van der Waals surface area contributed by atoms with E-state index in [1.165, 1.54) is 6.92 Å². The number of nitrogens with zero attached hydrogens (tertiary/aromatic N) is 2. The van der Waals surface area contributed by atoms with Crippen LogP contribution in [0.2, 0.25) is 0 Å². The van der Waals surface area contributed by atoms with Gasteiger partial charge in [-0.3, -0.25) is 4.79 Å². The summed E-state index contributed by atoms with van der Waals surface area (Å²) in [6.07, 6.45) is 0. The number of benzene rings is 1. The van der Waals surface area contributed by atoms with Crippen LogP contribution in [0.5, 0.6) is 5.75 Å². The molecule has 0 aliphatic rings. The number of carbonyl (C=O) groups is 1. The van der Waals surface area contributed by atoms with E-state index in [-0.39, 0.29) is 11.3 Å². The van der Waals surface area contributed by atoms with Gasteiger partial charge in [0.2, 0.25) is 5.89 Å². The predicted molar refractivity (Wildman–Crippen MR) is 76.9 cm³/mol. The van der Waals surface area contributed by atoms with Crippen molar-refractivity contribution in [2.75, 3.05) is 0 Å². The van der Waals surface area contributed by atoms with E-state index in [1.54, 1.807) is 0 Å². The number of carbonyl (C=O) groups excluding carboxylic acids is 1. The summed E-state index contributed by atoms with van der Waals surface area (Å²) in [5, 5.41) is 15.4. The van der Waals surface area contributed by atoms with Crippen molar-refractivity contribution < 1.29 is 23.2 Å². The lowest BCUT2D eigenvalue weighted by Crippen LogP contribution is -2.28. The van der Waals surface area contributed by atoms with Crippen molar-refractivity contribution >= 4 is 5.91 Å². The van der Waals surface area contributed by atoms with Gasteiger partial charge < -0.3 is 14.9 Å². The Morgan fingerprint density at radius 1 is 1.35 bits per heavy atom. The molecule has 0 radical (unpaired) electrons. The highest BCUT2D eigenvalue weighted by molar-refractivity contribution is 5.95. The molecule has 0 fully saturated rings. The van der Waals surface area contributed by atoms with E-state index in [0.717, 1.165) is 12.1 Å². The summed E-state index contributed by atoms with van der Waals surface area (Å²) in [5.41, 5.74) is -1.21. The summed E-state index contributed by atoms with van der Waals surface area (Å²) in [6, 6.07) is 0.883. The van der Waals surface area contributed by atoms with E-state index in [4.69, 9.17) is 4.52 Å². The summed E-state index contributed by atoms with van der Waals surface area (Å²) in [7, 11) is 0. The third-order valence-corrected chi connectivity index (χ3v) is 3.13. The molecule has 1 aromatic carbocycles. The number of aromatic hydroxyl groups is 1. The van der Waals surface area contributed by atoms with Crippen LogP contribution in [0, 0.1) is 11.6 Å². The molecule has 1 heterocycles. The molecule has 124 valence electrons. The minimum absolute atomic E-state index is 0.115. The molecule has 0 spiro atoms. The van der Waals surface area contributed by atoms with Gasteiger partial charge in [-0.2, -0.15) is 4.98 Å². The second kappa shape index (κ2) is 5.94. The van der Waals surface area contributed by atoms with Gasteiger partial charge in [0.25, 0.3) is 5.91 Å². The molecule has 1 aromatic heterocycles. The zero-order chi connectivity index (χ0) is 17.4. The summed E-state index contributed by atoms with van der Waals surface area (Å²) in [6.45, 7) is 7.21. The Morgan fingerprint density at radius 2 is 2.00 bits per heavy atom. The smallest absolute Gasteiger partial charge is 0.258 e. The van der Waals surface area contributed by atoms with Crippen LogP contribution in [0.15, 0.2) is 16.7 Å². The molecular weight excluding hydrogens is 308 g/mol. The van der Waals surface area contributed by atoms with Crippen molar-refractivity contribution in [2.45, 2.75) is 39.2 Å². The van der Waals surface area contributed by atoms with Crippen molar-refractivity contribution in [3.8, 4) is 5.75 Å². The predicted octanol–water partition coefficient (Wildman–Crippen LogP) is 2.84. The van der Waals surface area contributed by atoms with Gasteiger partial charge in [0.05, 0.1) is 0 Å². The number of halogens is 2. The highest BCUT2D eigenvalue weighted by atomic mass is 19.1. The molecule has 0 bridgehead atoms. The third-order valence-electron chi connectivity index (χ3n) is 3.13. The molecule has 6 nitrogen and oxygen atoms in total. The van der Waals surface area contributed by atoms with E-state index in [9.17, 15) is 18.7 Å². The average molecular weight is 325 g/mol. The molecule has 1 atom stereocenters. The molecule has 8 heteroatoms. The Balaban J connectivity index is 2.21. The minimum Gasteiger partial charge on any atom is -0.505 e. The molecule has 1 amide bonds. The second-order valence-corrected chi connectivity index (χ2v) is 6.16. The van der Waals surface area contributed by atoms with Crippen LogP contribution >= 0.6 is 0 Å². The first-order valence-corrected chi connectivity index (χ1v) is 6.93. The van der Waals surface area contributed by atoms with E-state index >= 15 is 0 Å². The monoisotopic (exact) mass is 325 g/mol. The molecule has 0 saturated heterocycles. The number of hydrogen-bond acceptors (Lipinski definition) is 5. The topological polar surface area (TPSA) is 88.2 Å². The standard InChI is InChI=1S/C15H17F2N3O3/c1-7(13-19-14(20-23-13)15(2,3)4)18-12(22)10-8(16)5-6-9(21)11(10)17/h5-7,21H,1-4H3,(H,18,22). The van der Waals surface area contributed by atoms with Crippen LogP contribution in [0.25, 0.3) is 0 Å². The normalized spacial score (nSPS) is 13.0. The fraction of sp³-hybridized carbons (Fsp3) is 0.400. The summed E-state index contributed by atoms with van der Waals surface area (Å²) >= 11 is 0. The molecule has 2 N–H and O–H groups in total. The lowest BCUT2D eigenvalue weighted by molar-refractivity contribution is 0.0923. The first-order chi connectivity index (χ1) is 10.6. The maximum Gasteiger partial charge on any atom is 0.258 e. The summed E-state index contributed by atoms with van der Waals surface area (Å²) in [5.74, 6) is -3.68. The van der Waals surface area contributed by atoms with Crippen molar-refractivity contribution in [1.82, 2.24) is 15.5 Å². The lowest BCUT2D eigenvalue weighted by atomic mass is 9.96. The van der Waals surface area contributed by atoms with Crippen molar-refractivity contribution in [3.63, 3.8) is 0 Å². The molecule has 2 aromatic rings. The second-order valence-electron chi connectivity index (χ2n) is 6.16. The maximum atomic E-state index is 13.7. The van der Waals surface area contributed by atoms with E-state index in [2.05, 4.69) is 15.5 Å². The Kier molecular flexibility index (Phi) is 4.35. The highest BCUT2D eigenvalue weighted by Crippen LogP contribution is 2.24. The lowest BCUT2D eigenvalue weighted by Gasteiger charge is -2.12. The molecular formula is C15H17F2N3O3. The van der Waals surface area contributed by atoms with E-state index in [1.807, 2.05) is 20.8 Å². The molecule has 0 aliphatic heterocycles. The first-order valence-electron chi connectivity index (χ1n) is 6.93. The van der Waals surface area contributed by atoms with Gasteiger partial charge in [0, 0.05) is 5.41 Å². The highest BCUT2D eigenvalue weighted by Gasteiger charge is 2.26. The van der Waals surface area contributed by atoms with Crippen molar-refractivity contribution in [3.05, 3.63) is 41.0 Å². The van der Waals surface area contributed by atoms with Crippen LogP contribution in [0.3, 0.4) is 0 Å². The molecule has 0 saturated carbocycles. The number of hydrogen-bond donors (Lipinski definition) is 2. The van der Waals surface area contributed by atoms with Gasteiger partial charge in [0.15, 0.2) is 17.4 Å². The molecule has 2 rings (SSSR count). The van der Waals surface area contributed by atoms with E-state index in [0.29, 0.717) is 5.82 Å². The Hall–Kier alpha value is -2.51. The minimum atomic E-state index is -1.32. The number of phenols is 1. The van der Waals surface area contributed by atoms with Gasteiger partial charge in [-0.05, 0) is 19.1 Å². The largest absolute Gasteiger partial charge is 0.505 e. The SMILES string of the molecule is CC(NC(=O)c1c(F)ccc(O)c1F)c1nc(C(C)(C)C)no1. The number of rotatable bonds is 3. The number of aromatic nitrogens is 2. The number of phenolic OH excluding ortho intramolecular Hbond substituents is 1. The van der Waals surface area contributed by atoms with Gasteiger partial charge in [-0.15, -0.1) is 0 Å². The summed E-state index contributed by atoms with van der Waals surface area (Å²) < 4.78 is 32.4. The van der Waals surface area contributed by atoms with Crippen LogP contribution < -0.4 is 5.32 Å². The van der Waals surface area contributed by atoms with Gasteiger partial charge >= 0.3 is 0 Å². The van der Waals surface area contributed by atoms with E-state index < -0.39 is 34.9 Å². The average Bonchev–Trinajstić information content (AvgIpc) is 2.93. The molecule has 1 unspecified atom stereocenters. The number of nitrogens with one attached hydrogen (secondary N) is 1. The molecule has 23 heavy (non-hydrogen) atoms. The Bertz CT molecular complexity index is 738. The molecule has 0 aliphatic carbocycles. The fourth-order valence-electron chi connectivity index (χ4n) is 1.80.